The van der Waals surface area contributed by atoms with Crippen molar-refractivity contribution in [2.24, 2.45) is 5.73 Å². The van der Waals surface area contributed by atoms with Crippen molar-refractivity contribution in [3.63, 3.8) is 0 Å². The zero-order valence-electron chi connectivity index (χ0n) is 11.9. The zero-order valence-corrected chi connectivity index (χ0v) is 12.7. The molecule has 4 heteroatoms. The lowest BCUT2D eigenvalue weighted by Crippen LogP contribution is -2.37. The van der Waals surface area contributed by atoms with Crippen LogP contribution < -0.4 is 10.6 Å². The van der Waals surface area contributed by atoms with Crippen LogP contribution in [0.15, 0.2) is 18.2 Å². The van der Waals surface area contributed by atoms with E-state index in [1.807, 2.05) is 6.07 Å². The lowest BCUT2D eigenvalue weighted by atomic mass is 10.2. The first-order valence-corrected chi connectivity index (χ1v) is 7.54. The maximum absolute atomic E-state index is 6.37. The van der Waals surface area contributed by atoms with Crippen LogP contribution in [-0.4, -0.2) is 37.1 Å². The lowest BCUT2D eigenvalue weighted by molar-refractivity contribution is 0.232. The maximum atomic E-state index is 6.37. The minimum absolute atomic E-state index is 0.544. The smallest absolute Gasteiger partial charge is 0.0642 e. The molecule has 1 aliphatic rings. The summed E-state index contributed by atoms with van der Waals surface area (Å²) in [7, 11) is 0. The third-order valence-corrected chi connectivity index (χ3v) is 4.38. The number of nitrogens with zero attached hydrogens (tertiary/aromatic N) is 2. The van der Waals surface area contributed by atoms with Crippen LogP contribution in [0, 0.1) is 0 Å². The van der Waals surface area contributed by atoms with Crippen LogP contribution in [0.1, 0.15) is 25.8 Å². The van der Waals surface area contributed by atoms with Crippen molar-refractivity contribution in [2.75, 3.05) is 31.1 Å². The van der Waals surface area contributed by atoms with Gasteiger partial charge in [0.25, 0.3) is 0 Å². The molecular weight excluding hydrogens is 258 g/mol. The van der Waals surface area contributed by atoms with Gasteiger partial charge >= 0.3 is 0 Å². The average molecular weight is 282 g/mol. The van der Waals surface area contributed by atoms with Gasteiger partial charge in [0, 0.05) is 25.7 Å². The molecule has 1 aromatic rings. The Bertz CT molecular complexity index is 418. The number of likely N-dealkylation sites (N-methyl/N-ethyl adjacent to an activating group) is 1. The van der Waals surface area contributed by atoms with E-state index in [0.717, 1.165) is 42.5 Å². The van der Waals surface area contributed by atoms with Crippen LogP contribution in [0.3, 0.4) is 0 Å². The number of halogens is 1. The molecule has 0 saturated carbocycles. The van der Waals surface area contributed by atoms with Crippen LogP contribution in [0.25, 0.3) is 0 Å². The zero-order chi connectivity index (χ0) is 13.8. The first-order chi connectivity index (χ1) is 9.19. The van der Waals surface area contributed by atoms with Gasteiger partial charge in [0.05, 0.1) is 10.7 Å². The highest BCUT2D eigenvalue weighted by Gasteiger charge is 2.27. The van der Waals surface area contributed by atoms with E-state index < -0.39 is 0 Å². The molecule has 0 amide bonds. The molecule has 2 rings (SSSR count). The summed E-state index contributed by atoms with van der Waals surface area (Å²) in [6.45, 7) is 9.41. The Kier molecular flexibility index (Phi) is 5.08. The van der Waals surface area contributed by atoms with E-state index in [0.29, 0.717) is 12.6 Å². The summed E-state index contributed by atoms with van der Waals surface area (Å²) in [5.41, 5.74) is 7.88. The molecule has 1 aliphatic heterocycles. The predicted octanol–water partition coefficient (Wildman–Crippen LogP) is 2.72. The molecule has 0 aliphatic carbocycles. The van der Waals surface area contributed by atoms with Gasteiger partial charge in [-0.05, 0) is 37.2 Å². The number of rotatable bonds is 5. The molecule has 1 atom stereocenters. The van der Waals surface area contributed by atoms with Gasteiger partial charge in [-0.3, -0.25) is 4.90 Å². The average Bonchev–Trinajstić information content (AvgIpc) is 2.89. The summed E-state index contributed by atoms with van der Waals surface area (Å²) in [6.07, 6.45) is 1.22. The molecule has 2 N–H and O–H groups in total. The molecule has 0 bridgehead atoms. The Morgan fingerprint density at radius 1 is 1.37 bits per heavy atom. The quantitative estimate of drug-likeness (QED) is 0.901. The van der Waals surface area contributed by atoms with Gasteiger partial charge in [0.2, 0.25) is 0 Å². The third-order valence-electron chi connectivity index (χ3n) is 4.08. The van der Waals surface area contributed by atoms with E-state index in [1.165, 1.54) is 6.42 Å². The van der Waals surface area contributed by atoms with E-state index in [2.05, 4.69) is 35.8 Å². The molecule has 1 fully saturated rings. The first kappa shape index (κ1) is 14.6. The maximum Gasteiger partial charge on any atom is 0.0642 e. The Morgan fingerprint density at radius 3 is 2.68 bits per heavy atom. The van der Waals surface area contributed by atoms with E-state index >= 15 is 0 Å². The first-order valence-electron chi connectivity index (χ1n) is 7.17. The second-order valence-electron chi connectivity index (χ2n) is 5.10. The van der Waals surface area contributed by atoms with Gasteiger partial charge in [0.15, 0.2) is 0 Å². The Morgan fingerprint density at radius 2 is 2.11 bits per heavy atom. The van der Waals surface area contributed by atoms with E-state index in [-0.39, 0.29) is 0 Å². The van der Waals surface area contributed by atoms with Crippen molar-refractivity contribution < 1.29 is 0 Å². The monoisotopic (exact) mass is 281 g/mol. The Hall–Kier alpha value is -0.770. The van der Waals surface area contributed by atoms with Crippen molar-refractivity contribution in [3.05, 3.63) is 28.8 Å². The summed E-state index contributed by atoms with van der Waals surface area (Å²) in [5, 5.41) is 0.822. The molecule has 0 aromatic heterocycles. The van der Waals surface area contributed by atoms with Crippen molar-refractivity contribution >= 4 is 17.3 Å². The predicted molar refractivity (Wildman–Crippen MR) is 82.9 cm³/mol. The molecule has 0 spiro atoms. The highest BCUT2D eigenvalue weighted by atomic mass is 35.5. The molecule has 1 saturated heterocycles. The van der Waals surface area contributed by atoms with E-state index in [4.69, 9.17) is 17.3 Å². The Balaban J connectivity index is 2.08. The molecular formula is C15H24ClN3. The fraction of sp³-hybridized carbons (Fsp3) is 0.600. The molecule has 1 aromatic carbocycles. The summed E-state index contributed by atoms with van der Waals surface area (Å²) < 4.78 is 0. The highest BCUT2D eigenvalue weighted by Crippen LogP contribution is 2.30. The van der Waals surface area contributed by atoms with Crippen LogP contribution in [0.4, 0.5) is 5.69 Å². The van der Waals surface area contributed by atoms with Crippen LogP contribution in [0.2, 0.25) is 5.02 Å². The number of hydrogen-bond acceptors (Lipinski definition) is 3. The van der Waals surface area contributed by atoms with Gasteiger partial charge in [-0.25, -0.2) is 0 Å². The standard InChI is InChI=1S/C15H24ClN3/c1-3-18(4-2)13-7-8-19(11-13)15-6-5-12(10-17)9-14(15)16/h5-6,9,13H,3-4,7-8,10-11,17H2,1-2H3. The SMILES string of the molecule is CCN(CC)C1CCN(c2ccc(CN)cc2Cl)C1. The molecule has 106 valence electrons. The van der Waals surface area contributed by atoms with Crippen molar-refractivity contribution in [2.45, 2.75) is 32.9 Å². The number of hydrogen-bond donors (Lipinski definition) is 1. The molecule has 3 nitrogen and oxygen atoms in total. The normalized spacial score (nSPS) is 19.4. The van der Waals surface area contributed by atoms with Crippen molar-refractivity contribution in [1.29, 1.82) is 0 Å². The van der Waals surface area contributed by atoms with Crippen LogP contribution >= 0.6 is 11.6 Å². The van der Waals surface area contributed by atoms with Gasteiger partial charge in [-0.2, -0.15) is 0 Å². The summed E-state index contributed by atoms with van der Waals surface area (Å²) in [6, 6.07) is 6.82. The fourth-order valence-electron chi connectivity index (χ4n) is 2.93. The van der Waals surface area contributed by atoms with Crippen molar-refractivity contribution in [1.82, 2.24) is 4.90 Å². The fourth-order valence-corrected chi connectivity index (χ4v) is 3.26. The topological polar surface area (TPSA) is 32.5 Å². The van der Waals surface area contributed by atoms with Gasteiger partial charge in [0.1, 0.15) is 0 Å². The van der Waals surface area contributed by atoms with Crippen LogP contribution in [-0.2, 0) is 6.54 Å². The summed E-state index contributed by atoms with van der Waals surface area (Å²) in [5.74, 6) is 0. The Labute approximate surface area is 121 Å². The lowest BCUT2D eigenvalue weighted by Gasteiger charge is -2.27. The number of anilines is 1. The third kappa shape index (κ3) is 3.22. The number of benzene rings is 1. The molecule has 0 radical (unpaired) electrons. The largest absolute Gasteiger partial charge is 0.369 e. The molecule has 1 heterocycles. The van der Waals surface area contributed by atoms with Gasteiger partial charge in [-0.1, -0.05) is 31.5 Å². The highest BCUT2D eigenvalue weighted by molar-refractivity contribution is 6.33. The summed E-state index contributed by atoms with van der Waals surface area (Å²) >= 11 is 6.37. The molecule has 1 unspecified atom stereocenters. The second-order valence-corrected chi connectivity index (χ2v) is 5.51. The van der Waals surface area contributed by atoms with Gasteiger partial charge in [-0.15, -0.1) is 0 Å². The van der Waals surface area contributed by atoms with E-state index in [1.54, 1.807) is 0 Å². The van der Waals surface area contributed by atoms with Crippen molar-refractivity contribution in [3.8, 4) is 0 Å². The minimum atomic E-state index is 0.544. The minimum Gasteiger partial charge on any atom is -0.369 e. The number of nitrogens with two attached hydrogens (primary N) is 1. The molecule has 19 heavy (non-hydrogen) atoms. The van der Waals surface area contributed by atoms with Gasteiger partial charge < -0.3 is 10.6 Å². The van der Waals surface area contributed by atoms with Crippen LogP contribution in [0.5, 0.6) is 0 Å². The second kappa shape index (κ2) is 6.60. The van der Waals surface area contributed by atoms with E-state index in [9.17, 15) is 0 Å². The summed E-state index contributed by atoms with van der Waals surface area (Å²) in [4.78, 5) is 4.92.